The summed E-state index contributed by atoms with van der Waals surface area (Å²) in [6.45, 7) is 4.04. The number of benzene rings is 1. The number of nitrogens with zero attached hydrogens (tertiary/aromatic N) is 1. The van der Waals surface area contributed by atoms with Crippen molar-refractivity contribution in [1.29, 1.82) is 0 Å². The Morgan fingerprint density at radius 3 is 3.19 bits per heavy atom. The van der Waals surface area contributed by atoms with Crippen LogP contribution in [-0.4, -0.2) is 23.4 Å². The van der Waals surface area contributed by atoms with Crippen LogP contribution >= 0.6 is 0 Å². The van der Waals surface area contributed by atoms with Crippen molar-refractivity contribution in [3.8, 4) is 0 Å². The van der Waals surface area contributed by atoms with Crippen LogP contribution in [0.1, 0.15) is 24.0 Å². The molecule has 1 amide bonds. The number of amides is 1. The zero-order chi connectivity index (χ0) is 11.1. The minimum Gasteiger partial charge on any atom is -0.324 e. The molecule has 1 saturated heterocycles. The molecular weight excluding hydrogens is 200 g/mol. The standard InChI is InChI=1S/C13H16N2O/c1-9-4-5-11-10(7-9)8-15-6-2-3-12(15)13(16)14-11/h4-5,7,12H,2-3,6,8H2,1H3,(H,14,16). The van der Waals surface area contributed by atoms with Gasteiger partial charge in [-0.3, -0.25) is 9.69 Å². The van der Waals surface area contributed by atoms with Gasteiger partial charge in [-0.2, -0.15) is 0 Å². The zero-order valence-corrected chi connectivity index (χ0v) is 9.49. The lowest BCUT2D eigenvalue weighted by Crippen LogP contribution is -2.36. The van der Waals surface area contributed by atoms with Gasteiger partial charge in [0, 0.05) is 12.2 Å². The maximum Gasteiger partial charge on any atom is 0.241 e. The van der Waals surface area contributed by atoms with Crippen molar-refractivity contribution >= 4 is 11.6 Å². The number of carbonyl (C=O) groups is 1. The van der Waals surface area contributed by atoms with Gasteiger partial charge in [0.1, 0.15) is 0 Å². The molecule has 2 aliphatic heterocycles. The monoisotopic (exact) mass is 216 g/mol. The number of carbonyl (C=O) groups excluding carboxylic acids is 1. The number of fused-ring (bicyclic) bond motifs is 2. The third-order valence-electron chi connectivity index (χ3n) is 3.56. The Balaban J connectivity index is 2.01. The maximum absolute atomic E-state index is 12.0. The molecule has 1 N–H and O–H groups in total. The minimum atomic E-state index is 0.0905. The lowest BCUT2D eigenvalue weighted by molar-refractivity contribution is -0.120. The second kappa shape index (κ2) is 3.59. The van der Waals surface area contributed by atoms with Crippen LogP contribution < -0.4 is 5.32 Å². The zero-order valence-electron chi connectivity index (χ0n) is 9.49. The van der Waals surface area contributed by atoms with Crippen molar-refractivity contribution in [2.75, 3.05) is 11.9 Å². The molecular formula is C13H16N2O. The highest BCUT2D eigenvalue weighted by Crippen LogP contribution is 2.28. The summed E-state index contributed by atoms with van der Waals surface area (Å²) >= 11 is 0. The lowest BCUT2D eigenvalue weighted by atomic mass is 10.1. The van der Waals surface area contributed by atoms with Crippen LogP contribution in [0.25, 0.3) is 0 Å². The third-order valence-corrected chi connectivity index (χ3v) is 3.56. The molecule has 2 heterocycles. The van der Waals surface area contributed by atoms with Gasteiger partial charge in [-0.15, -0.1) is 0 Å². The topological polar surface area (TPSA) is 32.3 Å². The third kappa shape index (κ3) is 1.52. The smallest absolute Gasteiger partial charge is 0.241 e. The molecule has 1 fully saturated rings. The largest absolute Gasteiger partial charge is 0.324 e. The van der Waals surface area contributed by atoms with E-state index in [1.165, 1.54) is 11.1 Å². The van der Waals surface area contributed by atoms with Crippen LogP contribution in [0.2, 0.25) is 0 Å². The summed E-state index contributed by atoms with van der Waals surface area (Å²) in [6.07, 6.45) is 2.14. The summed E-state index contributed by atoms with van der Waals surface area (Å²) in [7, 11) is 0. The SMILES string of the molecule is Cc1ccc2c(c1)CN1CCCC1C(=O)N2. The first-order valence-corrected chi connectivity index (χ1v) is 5.88. The maximum atomic E-state index is 12.0. The van der Waals surface area contributed by atoms with Gasteiger partial charge in [0.15, 0.2) is 0 Å². The van der Waals surface area contributed by atoms with Gasteiger partial charge in [0.25, 0.3) is 0 Å². The van der Waals surface area contributed by atoms with Gasteiger partial charge >= 0.3 is 0 Å². The van der Waals surface area contributed by atoms with E-state index in [1.54, 1.807) is 0 Å². The van der Waals surface area contributed by atoms with Crippen molar-refractivity contribution in [2.24, 2.45) is 0 Å². The van der Waals surface area contributed by atoms with Crippen molar-refractivity contribution in [3.63, 3.8) is 0 Å². The number of rotatable bonds is 0. The van der Waals surface area contributed by atoms with Crippen molar-refractivity contribution in [2.45, 2.75) is 32.4 Å². The highest BCUT2D eigenvalue weighted by Gasteiger charge is 2.33. The average molecular weight is 216 g/mol. The van der Waals surface area contributed by atoms with E-state index in [9.17, 15) is 4.79 Å². The number of hydrogen-bond donors (Lipinski definition) is 1. The Hall–Kier alpha value is -1.35. The molecule has 3 heteroatoms. The van der Waals surface area contributed by atoms with E-state index in [2.05, 4.69) is 29.3 Å². The van der Waals surface area contributed by atoms with Gasteiger partial charge in [-0.25, -0.2) is 0 Å². The van der Waals surface area contributed by atoms with E-state index in [0.29, 0.717) is 0 Å². The van der Waals surface area contributed by atoms with E-state index in [1.807, 2.05) is 6.07 Å². The highest BCUT2D eigenvalue weighted by molar-refractivity contribution is 5.96. The molecule has 3 nitrogen and oxygen atoms in total. The fourth-order valence-electron chi connectivity index (χ4n) is 2.72. The highest BCUT2D eigenvalue weighted by atomic mass is 16.2. The molecule has 0 aliphatic carbocycles. The summed E-state index contributed by atoms with van der Waals surface area (Å²) in [5, 5.41) is 3.04. The normalized spacial score (nSPS) is 24.6. The van der Waals surface area contributed by atoms with Crippen molar-refractivity contribution < 1.29 is 4.79 Å². The summed E-state index contributed by atoms with van der Waals surface area (Å²) in [6, 6.07) is 6.34. The molecule has 2 aliphatic rings. The molecule has 0 saturated carbocycles. The van der Waals surface area contributed by atoms with Crippen LogP contribution in [0.15, 0.2) is 18.2 Å². The second-order valence-corrected chi connectivity index (χ2v) is 4.78. The Morgan fingerprint density at radius 2 is 2.31 bits per heavy atom. The van der Waals surface area contributed by atoms with E-state index in [0.717, 1.165) is 31.6 Å². The lowest BCUT2D eigenvalue weighted by Gasteiger charge is -2.19. The molecule has 0 spiro atoms. The predicted molar refractivity (Wildman–Crippen MR) is 63.2 cm³/mol. The molecule has 3 rings (SSSR count). The molecule has 16 heavy (non-hydrogen) atoms. The first-order valence-electron chi connectivity index (χ1n) is 5.88. The molecule has 0 radical (unpaired) electrons. The summed E-state index contributed by atoms with van der Waals surface area (Å²) in [5.41, 5.74) is 3.49. The molecule has 84 valence electrons. The Labute approximate surface area is 95.4 Å². The summed E-state index contributed by atoms with van der Waals surface area (Å²) in [5.74, 6) is 0.167. The van der Waals surface area contributed by atoms with Gasteiger partial charge in [-0.1, -0.05) is 17.7 Å². The van der Waals surface area contributed by atoms with Crippen LogP contribution in [0.4, 0.5) is 5.69 Å². The number of nitrogens with one attached hydrogen (secondary N) is 1. The number of aryl methyl sites for hydroxylation is 1. The van der Waals surface area contributed by atoms with Crippen LogP contribution in [0.5, 0.6) is 0 Å². The molecule has 0 aromatic heterocycles. The van der Waals surface area contributed by atoms with E-state index < -0.39 is 0 Å². The quantitative estimate of drug-likeness (QED) is 0.718. The Morgan fingerprint density at radius 1 is 1.44 bits per heavy atom. The summed E-state index contributed by atoms with van der Waals surface area (Å²) in [4.78, 5) is 14.3. The fourth-order valence-corrected chi connectivity index (χ4v) is 2.72. The van der Waals surface area contributed by atoms with Crippen LogP contribution in [0, 0.1) is 6.92 Å². The molecule has 1 atom stereocenters. The van der Waals surface area contributed by atoms with Gasteiger partial charge < -0.3 is 5.32 Å². The first-order chi connectivity index (χ1) is 7.74. The second-order valence-electron chi connectivity index (χ2n) is 4.78. The number of hydrogen-bond acceptors (Lipinski definition) is 2. The Bertz CT molecular complexity index is 442. The van der Waals surface area contributed by atoms with Crippen LogP contribution in [0.3, 0.4) is 0 Å². The molecule has 1 unspecified atom stereocenters. The van der Waals surface area contributed by atoms with Gasteiger partial charge in [0.05, 0.1) is 6.04 Å². The number of anilines is 1. The first kappa shape index (κ1) is 9.85. The summed E-state index contributed by atoms with van der Waals surface area (Å²) < 4.78 is 0. The predicted octanol–water partition coefficient (Wildman–Crippen LogP) is 1.91. The molecule has 1 aromatic carbocycles. The molecule has 1 aromatic rings. The van der Waals surface area contributed by atoms with Crippen LogP contribution in [-0.2, 0) is 11.3 Å². The van der Waals surface area contributed by atoms with Crippen molar-refractivity contribution in [3.05, 3.63) is 29.3 Å². The Kier molecular flexibility index (Phi) is 2.21. The molecule has 0 bridgehead atoms. The van der Waals surface area contributed by atoms with Gasteiger partial charge in [-0.05, 0) is 37.9 Å². The van der Waals surface area contributed by atoms with E-state index >= 15 is 0 Å². The van der Waals surface area contributed by atoms with Crippen molar-refractivity contribution in [1.82, 2.24) is 4.90 Å². The van der Waals surface area contributed by atoms with Gasteiger partial charge in [0.2, 0.25) is 5.91 Å². The van der Waals surface area contributed by atoms with E-state index in [-0.39, 0.29) is 11.9 Å². The van der Waals surface area contributed by atoms with E-state index in [4.69, 9.17) is 0 Å². The average Bonchev–Trinajstić information content (AvgIpc) is 2.65. The minimum absolute atomic E-state index is 0.0905. The fraction of sp³-hybridized carbons (Fsp3) is 0.462.